The summed E-state index contributed by atoms with van der Waals surface area (Å²) in [6.45, 7) is 6.76. The van der Waals surface area contributed by atoms with Crippen LogP contribution in [0.2, 0.25) is 0 Å². The first kappa shape index (κ1) is 17.8. The number of carboxylic acid groups (broad SMARTS) is 1. The zero-order chi connectivity index (χ0) is 17.5. The number of carbonyl (C=O) groups is 1. The van der Waals surface area contributed by atoms with Gasteiger partial charge in [-0.05, 0) is 55.2 Å². The van der Waals surface area contributed by atoms with Gasteiger partial charge in [0.25, 0.3) is 0 Å². The molecule has 0 spiro atoms. The second kappa shape index (κ2) is 8.34. The first-order chi connectivity index (χ1) is 11.5. The molecule has 0 aromatic heterocycles. The lowest BCUT2D eigenvalue weighted by Crippen LogP contribution is -2.02. The Labute approximate surface area is 143 Å². The van der Waals surface area contributed by atoms with Crippen molar-refractivity contribution in [3.05, 3.63) is 64.7 Å². The van der Waals surface area contributed by atoms with E-state index in [9.17, 15) is 9.90 Å². The van der Waals surface area contributed by atoms with Crippen molar-refractivity contribution in [2.45, 2.75) is 33.6 Å². The molecule has 0 amide bonds. The Hall–Kier alpha value is -2.55. The molecule has 1 N–H and O–H groups in total. The summed E-state index contributed by atoms with van der Waals surface area (Å²) in [6.07, 6.45) is 3.83. The average molecular weight is 324 g/mol. The standard InChI is InChI=1S/C21H24O3/c1-4-5-12-24-18-9-7-17(8-10-18)14-20(21(22)23)19-11-6-15(2)13-16(19)3/h6-11,13-14H,4-5,12H2,1-3H3,(H,22,23)/b20-14-. The summed E-state index contributed by atoms with van der Waals surface area (Å²) in [4.78, 5) is 11.7. The molecule has 0 aliphatic carbocycles. The minimum Gasteiger partial charge on any atom is -0.494 e. The summed E-state index contributed by atoms with van der Waals surface area (Å²) in [7, 11) is 0. The van der Waals surface area contributed by atoms with E-state index in [1.807, 2.05) is 56.3 Å². The van der Waals surface area contributed by atoms with E-state index in [-0.39, 0.29) is 0 Å². The van der Waals surface area contributed by atoms with Gasteiger partial charge in [-0.1, -0.05) is 49.2 Å². The van der Waals surface area contributed by atoms with Gasteiger partial charge in [0, 0.05) is 0 Å². The van der Waals surface area contributed by atoms with Crippen molar-refractivity contribution in [2.24, 2.45) is 0 Å². The van der Waals surface area contributed by atoms with Crippen LogP contribution in [-0.2, 0) is 4.79 Å². The molecule has 0 heterocycles. The maximum absolute atomic E-state index is 11.7. The van der Waals surface area contributed by atoms with Gasteiger partial charge in [-0.3, -0.25) is 0 Å². The molecule has 2 aromatic carbocycles. The fourth-order valence-corrected chi connectivity index (χ4v) is 2.53. The van der Waals surface area contributed by atoms with Crippen molar-refractivity contribution in [1.82, 2.24) is 0 Å². The first-order valence-electron chi connectivity index (χ1n) is 8.26. The predicted octanol–water partition coefficient (Wildman–Crippen LogP) is 5.11. The minimum atomic E-state index is -0.926. The topological polar surface area (TPSA) is 46.5 Å². The fraction of sp³-hybridized carbons (Fsp3) is 0.286. The molecule has 126 valence electrons. The third-order valence-corrected chi connectivity index (χ3v) is 3.86. The van der Waals surface area contributed by atoms with Crippen molar-refractivity contribution < 1.29 is 14.6 Å². The lowest BCUT2D eigenvalue weighted by Gasteiger charge is -2.09. The Morgan fingerprint density at radius 3 is 2.42 bits per heavy atom. The van der Waals surface area contributed by atoms with E-state index in [4.69, 9.17) is 4.74 Å². The quantitative estimate of drug-likeness (QED) is 0.437. The monoisotopic (exact) mass is 324 g/mol. The van der Waals surface area contributed by atoms with Gasteiger partial charge in [0.1, 0.15) is 5.75 Å². The first-order valence-corrected chi connectivity index (χ1v) is 8.26. The summed E-state index contributed by atoms with van der Waals surface area (Å²) >= 11 is 0. The molecule has 0 bridgehead atoms. The van der Waals surface area contributed by atoms with E-state index < -0.39 is 5.97 Å². The highest BCUT2D eigenvalue weighted by atomic mass is 16.5. The number of rotatable bonds is 7. The van der Waals surface area contributed by atoms with Crippen LogP contribution in [0.25, 0.3) is 11.6 Å². The number of ether oxygens (including phenoxy) is 1. The van der Waals surface area contributed by atoms with Crippen LogP contribution in [0, 0.1) is 13.8 Å². The molecule has 0 atom stereocenters. The second-order valence-electron chi connectivity index (χ2n) is 5.95. The number of hydrogen-bond donors (Lipinski definition) is 1. The number of aryl methyl sites for hydroxylation is 2. The molecule has 2 aromatic rings. The molecule has 2 rings (SSSR count). The van der Waals surface area contributed by atoms with Crippen LogP contribution in [0.3, 0.4) is 0 Å². The van der Waals surface area contributed by atoms with E-state index in [0.717, 1.165) is 40.8 Å². The molecular formula is C21H24O3. The zero-order valence-corrected chi connectivity index (χ0v) is 14.5. The molecule has 0 unspecified atom stereocenters. The number of carboxylic acids is 1. The average Bonchev–Trinajstić information content (AvgIpc) is 2.55. The van der Waals surface area contributed by atoms with E-state index in [1.165, 1.54) is 0 Å². The Morgan fingerprint density at radius 1 is 1.12 bits per heavy atom. The SMILES string of the molecule is CCCCOc1ccc(/C=C(\C(=O)O)c2ccc(C)cc2C)cc1. The van der Waals surface area contributed by atoms with Crippen molar-refractivity contribution in [3.8, 4) is 5.75 Å². The number of aliphatic carboxylic acids is 1. The highest BCUT2D eigenvalue weighted by Gasteiger charge is 2.13. The van der Waals surface area contributed by atoms with Crippen molar-refractivity contribution in [1.29, 1.82) is 0 Å². The van der Waals surface area contributed by atoms with Crippen LogP contribution in [0.1, 0.15) is 42.0 Å². The van der Waals surface area contributed by atoms with E-state index in [2.05, 4.69) is 6.92 Å². The van der Waals surface area contributed by atoms with Gasteiger partial charge >= 0.3 is 5.97 Å². The van der Waals surface area contributed by atoms with Gasteiger partial charge in [-0.15, -0.1) is 0 Å². The summed E-state index contributed by atoms with van der Waals surface area (Å²) < 4.78 is 5.63. The van der Waals surface area contributed by atoms with Gasteiger partial charge in [-0.2, -0.15) is 0 Å². The van der Waals surface area contributed by atoms with Gasteiger partial charge in [0.2, 0.25) is 0 Å². The summed E-state index contributed by atoms with van der Waals surface area (Å²) in [6, 6.07) is 13.3. The highest BCUT2D eigenvalue weighted by Crippen LogP contribution is 2.24. The molecule has 0 radical (unpaired) electrons. The maximum atomic E-state index is 11.7. The van der Waals surface area contributed by atoms with Crippen LogP contribution in [0.4, 0.5) is 0 Å². The molecular weight excluding hydrogens is 300 g/mol. The number of unbranched alkanes of at least 4 members (excludes halogenated alkanes) is 1. The van der Waals surface area contributed by atoms with Crippen LogP contribution in [-0.4, -0.2) is 17.7 Å². The summed E-state index contributed by atoms with van der Waals surface area (Å²) in [5.41, 5.74) is 3.97. The lowest BCUT2D eigenvalue weighted by atomic mass is 9.97. The summed E-state index contributed by atoms with van der Waals surface area (Å²) in [5.74, 6) is -0.116. The number of hydrogen-bond acceptors (Lipinski definition) is 2. The lowest BCUT2D eigenvalue weighted by molar-refractivity contribution is -0.130. The molecule has 0 fully saturated rings. The van der Waals surface area contributed by atoms with Crippen molar-refractivity contribution >= 4 is 17.6 Å². The van der Waals surface area contributed by atoms with E-state index in [1.54, 1.807) is 6.08 Å². The second-order valence-corrected chi connectivity index (χ2v) is 5.95. The van der Waals surface area contributed by atoms with E-state index in [0.29, 0.717) is 12.2 Å². The molecule has 0 aliphatic heterocycles. The normalized spacial score (nSPS) is 11.4. The van der Waals surface area contributed by atoms with Crippen molar-refractivity contribution in [3.63, 3.8) is 0 Å². The van der Waals surface area contributed by atoms with Gasteiger partial charge < -0.3 is 9.84 Å². The Balaban J connectivity index is 2.26. The van der Waals surface area contributed by atoms with Gasteiger partial charge in [0.15, 0.2) is 0 Å². The number of benzene rings is 2. The smallest absolute Gasteiger partial charge is 0.336 e. The van der Waals surface area contributed by atoms with Crippen LogP contribution < -0.4 is 4.74 Å². The molecule has 0 saturated carbocycles. The van der Waals surface area contributed by atoms with Gasteiger partial charge in [-0.25, -0.2) is 4.79 Å². The molecule has 0 saturated heterocycles. The Morgan fingerprint density at radius 2 is 1.83 bits per heavy atom. The molecule has 3 heteroatoms. The van der Waals surface area contributed by atoms with E-state index >= 15 is 0 Å². The molecule has 0 aliphatic rings. The Kier molecular flexibility index (Phi) is 6.19. The van der Waals surface area contributed by atoms with Crippen LogP contribution >= 0.6 is 0 Å². The highest BCUT2D eigenvalue weighted by molar-refractivity contribution is 6.21. The summed E-state index contributed by atoms with van der Waals surface area (Å²) in [5, 5.41) is 9.59. The van der Waals surface area contributed by atoms with Gasteiger partial charge in [0.05, 0.1) is 12.2 Å². The largest absolute Gasteiger partial charge is 0.494 e. The van der Waals surface area contributed by atoms with Crippen LogP contribution in [0.15, 0.2) is 42.5 Å². The molecule has 24 heavy (non-hydrogen) atoms. The van der Waals surface area contributed by atoms with Crippen molar-refractivity contribution in [2.75, 3.05) is 6.61 Å². The Bertz CT molecular complexity index is 727. The fourth-order valence-electron chi connectivity index (χ4n) is 2.53. The minimum absolute atomic E-state index is 0.298. The predicted molar refractivity (Wildman–Crippen MR) is 98.3 cm³/mol. The third kappa shape index (κ3) is 4.72. The third-order valence-electron chi connectivity index (χ3n) is 3.86. The maximum Gasteiger partial charge on any atom is 0.336 e. The molecule has 3 nitrogen and oxygen atoms in total. The zero-order valence-electron chi connectivity index (χ0n) is 14.5. The van der Waals surface area contributed by atoms with Crippen LogP contribution in [0.5, 0.6) is 5.75 Å².